The molecule has 6 heteroatoms. The van der Waals surface area contributed by atoms with E-state index < -0.39 is 10.0 Å². The topological polar surface area (TPSA) is 71.3 Å². The van der Waals surface area contributed by atoms with E-state index in [4.69, 9.17) is 0 Å². The molecule has 0 fully saturated rings. The van der Waals surface area contributed by atoms with Gasteiger partial charge >= 0.3 is 0 Å². The summed E-state index contributed by atoms with van der Waals surface area (Å²) < 4.78 is 28.9. The van der Waals surface area contributed by atoms with Crippen molar-refractivity contribution >= 4 is 10.0 Å². The van der Waals surface area contributed by atoms with E-state index in [0.29, 0.717) is 12.2 Å². The summed E-state index contributed by atoms with van der Waals surface area (Å²) in [7, 11) is -3.58. The van der Waals surface area contributed by atoms with Crippen molar-refractivity contribution in [2.24, 2.45) is 0 Å². The number of sulfonamides is 1. The number of benzene rings is 1. The Hall–Kier alpha value is -1.63. The van der Waals surface area contributed by atoms with E-state index in [-0.39, 0.29) is 18.0 Å². The Labute approximate surface area is 125 Å². The molecule has 2 aromatic rings. The number of aromatic nitrogens is 1. The molecule has 0 spiro atoms. The molecule has 0 atom stereocenters. The van der Waals surface area contributed by atoms with Crippen LogP contribution in [0.3, 0.4) is 0 Å². The lowest BCUT2D eigenvalue weighted by Crippen LogP contribution is -2.23. The number of aliphatic hydroxyl groups excluding tert-OH is 1. The van der Waals surface area contributed by atoms with Gasteiger partial charge in [0.1, 0.15) is 0 Å². The molecule has 1 heterocycles. The first-order chi connectivity index (χ1) is 9.97. The number of aryl methyl sites for hydroxylation is 2. The van der Waals surface area contributed by atoms with Crippen molar-refractivity contribution in [1.82, 2.24) is 9.29 Å². The zero-order valence-electron chi connectivity index (χ0n) is 12.2. The number of rotatable bonds is 6. The van der Waals surface area contributed by atoms with Gasteiger partial charge in [-0.15, -0.1) is 0 Å². The first kappa shape index (κ1) is 15.8. The highest BCUT2D eigenvalue weighted by Crippen LogP contribution is 2.15. The number of hydrogen-bond donors (Lipinski definition) is 2. The minimum atomic E-state index is -3.58. The van der Waals surface area contributed by atoms with Crippen molar-refractivity contribution in [2.75, 3.05) is 0 Å². The van der Waals surface area contributed by atoms with E-state index in [1.165, 1.54) is 6.07 Å². The first-order valence-corrected chi connectivity index (χ1v) is 8.30. The highest BCUT2D eigenvalue weighted by atomic mass is 32.2. The van der Waals surface area contributed by atoms with Gasteiger partial charge in [0.05, 0.1) is 11.5 Å². The van der Waals surface area contributed by atoms with Crippen molar-refractivity contribution in [2.45, 2.75) is 38.4 Å². The fourth-order valence-corrected chi connectivity index (χ4v) is 3.23. The van der Waals surface area contributed by atoms with Crippen LogP contribution in [0, 0.1) is 6.92 Å². The molecule has 5 nitrogen and oxygen atoms in total. The van der Waals surface area contributed by atoms with Crippen molar-refractivity contribution in [3.8, 4) is 0 Å². The highest BCUT2D eigenvalue weighted by molar-refractivity contribution is 7.89. The van der Waals surface area contributed by atoms with Gasteiger partial charge in [-0.1, -0.05) is 24.3 Å². The van der Waals surface area contributed by atoms with E-state index in [1.807, 2.05) is 38.1 Å². The molecule has 0 unspecified atom stereocenters. The van der Waals surface area contributed by atoms with Gasteiger partial charge in [0.2, 0.25) is 10.0 Å². The minimum Gasteiger partial charge on any atom is -0.390 e. The van der Waals surface area contributed by atoms with E-state index in [0.717, 1.165) is 11.1 Å². The Balaban J connectivity index is 2.19. The molecule has 1 aromatic carbocycles. The predicted octanol–water partition coefficient (Wildman–Crippen LogP) is 1.79. The molecule has 0 saturated carbocycles. The highest BCUT2D eigenvalue weighted by Gasteiger charge is 2.17. The van der Waals surface area contributed by atoms with Crippen LogP contribution in [-0.2, 0) is 29.7 Å². The molecular formula is C15H20N2O3S. The first-order valence-electron chi connectivity index (χ1n) is 6.82. The average Bonchev–Trinajstić information content (AvgIpc) is 2.90. The summed E-state index contributed by atoms with van der Waals surface area (Å²) in [6.45, 7) is 4.53. The smallest absolute Gasteiger partial charge is 0.242 e. The largest absolute Gasteiger partial charge is 0.390 e. The van der Waals surface area contributed by atoms with Crippen LogP contribution < -0.4 is 4.72 Å². The van der Waals surface area contributed by atoms with Crippen molar-refractivity contribution in [1.29, 1.82) is 0 Å². The Morgan fingerprint density at radius 3 is 2.57 bits per heavy atom. The lowest BCUT2D eigenvalue weighted by Gasteiger charge is -2.07. The van der Waals surface area contributed by atoms with Crippen LogP contribution in [0.25, 0.3) is 0 Å². The van der Waals surface area contributed by atoms with Crippen LogP contribution in [0.1, 0.15) is 23.7 Å². The Morgan fingerprint density at radius 2 is 2.00 bits per heavy atom. The molecular weight excluding hydrogens is 288 g/mol. The summed E-state index contributed by atoms with van der Waals surface area (Å²) in [6.07, 6.45) is 1.55. The molecule has 21 heavy (non-hydrogen) atoms. The Kier molecular flexibility index (Phi) is 4.82. The van der Waals surface area contributed by atoms with Crippen molar-refractivity contribution in [3.05, 3.63) is 53.3 Å². The van der Waals surface area contributed by atoms with Gasteiger partial charge in [0.25, 0.3) is 0 Å². The molecule has 0 saturated heterocycles. The van der Waals surface area contributed by atoms with E-state index in [2.05, 4.69) is 4.72 Å². The van der Waals surface area contributed by atoms with Crippen molar-refractivity contribution in [3.63, 3.8) is 0 Å². The zero-order valence-corrected chi connectivity index (χ0v) is 13.0. The maximum Gasteiger partial charge on any atom is 0.242 e. The monoisotopic (exact) mass is 308 g/mol. The third kappa shape index (κ3) is 3.53. The van der Waals surface area contributed by atoms with Gasteiger partial charge in [0.15, 0.2) is 0 Å². The van der Waals surface area contributed by atoms with E-state index >= 15 is 0 Å². The number of nitrogens with zero attached hydrogens (tertiary/aromatic N) is 1. The molecule has 2 N–H and O–H groups in total. The van der Waals surface area contributed by atoms with E-state index in [9.17, 15) is 13.5 Å². The minimum absolute atomic E-state index is 0.179. The molecule has 1 aromatic heterocycles. The predicted molar refractivity (Wildman–Crippen MR) is 81.2 cm³/mol. The standard InChI is InChI=1S/C15H20N2O3S/c1-3-17-10-15(8-14(17)11-18)21(19,20)16-9-13-7-5-4-6-12(13)2/h4-8,10,16,18H,3,9,11H2,1-2H3. The van der Waals surface area contributed by atoms with Gasteiger partial charge in [0, 0.05) is 25.0 Å². The fraction of sp³-hybridized carbons (Fsp3) is 0.333. The van der Waals surface area contributed by atoms with Gasteiger partial charge in [-0.05, 0) is 31.0 Å². The summed E-state index contributed by atoms with van der Waals surface area (Å²) in [4.78, 5) is 0.182. The summed E-state index contributed by atoms with van der Waals surface area (Å²) >= 11 is 0. The van der Waals surface area contributed by atoms with Gasteiger partial charge in [-0.3, -0.25) is 0 Å². The lowest BCUT2D eigenvalue weighted by atomic mass is 10.1. The average molecular weight is 308 g/mol. The molecule has 0 amide bonds. The third-order valence-electron chi connectivity index (χ3n) is 3.49. The number of nitrogens with one attached hydrogen (secondary N) is 1. The zero-order chi connectivity index (χ0) is 15.5. The second-order valence-corrected chi connectivity index (χ2v) is 6.63. The van der Waals surface area contributed by atoms with Gasteiger partial charge < -0.3 is 9.67 Å². The molecule has 0 aliphatic rings. The normalized spacial score (nSPS) is 11.8. The molecule has 114 valence electrons. The SMILES string of the molecule is CCn1cc(S(=O)(=O)NCc2ccccc2C)cc1CO. The molecule has 0 aliphatic carbocycles. The Morgan fingerprint density at radius 1 is 1.29 bits per heavy atom. The summed E-state index contributed by atoms with van der Waals surface area (Å²) in [5.74, 6) is 0. The number of aliphatic hydroxyl groups is 1. The third-order valence-corrected chi connectivity index (χ3v) is 4.86. The van der Waals surface area contributed by atoms with Gasteiger partial charge in [-0.2, -0.15) is 0 Å². The molecule has 2 rings (SSSR count). The van der Waals surface area contributed by atoms with Crippen LogP contribution in [0.15, 0.2) is 41.4 Å². The van der Waals surface area contributed by atoms with Crippen molar-refractivity contribution < 1.29 is 13.5 Å². The van der Waals surface area contributed by atoms with Crippen LogP contribution in [0.5, 0.6) is 0 Å². The summed E-state index contributed by atoms with van der Waals surface area (Å²) in [5.41, 5.74) is 2.58. The van der Waals surface area contributed by atoms with Crippen LogP contribution in [0.4, 0.5) is 0 Å². The molecule has 0 aliphatic heterocycles. The summed E-state index contributed by atoms with van der Waals surface area (Å²) in [6, 6.07) is 9.15. The van der Waals surface area contributed by atoms with E-state index in [1.54, 1.807) is 10.8 Å². The van der Waals surface area contributed by atoms with Crippen LogP contribution >= 0.6 is 0 Å². The number of hydrogen-bond acceptors (Lipinski definition) is 3. The maximum atomic E-state index is 12.3. The maximum absolute atomic E-state index is 12.3. The lowest BCUT2D eigenvalue weighted by molar-refractivity contribution is 0.271. The quantitative estimate of drug-likeness (QED) is 0.854. The van der Waals surface area contributed by atoms with Crippen LogP contribution in [-0.4, -0.2) is 18.1 Å². The molecule has 0 bridgehead atoms. The molecule has 0 radical (unpaired) electrons. The Bertz CT molecular complexity index is 699. The second-order valence-electron chi connectivity index (χ2n) is 4.86. The summed E-state index contributed by atoms with van der Waals surface area (Å²) in [5, 5.41) is 9.24. The van der Waals surface area contributed by atoms with Crippen LogP contribution in [0.2, 0.25) is 0 Å². The fourth-order valence-electron chi connectivity index (χ4n) is 2.16. The van der Waals surface area contributed by atoms with Gasteiger partial charge in [-0.25, -0.2) is 13.1 Å². The second kappa shape index (κ2) is 6.43.